The molecule has 0 spiro atoms. The minimum absolute atomic E-state index is 0.0628. The molecular formula is C12H17NO6S2. The van der Waals surface area contributed by atoms with E-state index in [-0.39, 0.29) is 22.0 Å². The molecule has 0 aliphatic rings. The summed E-state index contributed by atoms with van der Waals surface area (Å²) in [5.74, 6) is -1.07. The van der Waals surface area contributed by atoms with Gasteiger partial charge in [-0.1, -0.05) is 0 Å². The first-order valence-electron chi connectivity index (χ1n) is 5.91. The van der Waals surface area contributed by atoms with Crippen LogP contribution in [0.2, 0.25) is 0 Å². The van der Waals surface area contributed by atoms with Crippen LogP contribution in [-0.2, 0) is 20.8 Å². The van der Waals surface area contributed by atoms with Crippen LogP contribution >= 0.6 is 0 Å². The van der Waals surface area contributed by atoms with Crippen LogP contribution in [0.3, 0.4) is 0 Å². The van der Waals surface area contributed by atoms with Crippen molar-refractivity contribution in [1.29, 1.82) is 0 Å². The van der Waals surface area contributed by atoms with Crippen LogP contribution < -0.4 is 9.46 Å². The molecule has 2 N–H and O–H groups in total. The molecule has 1 aromatic rings. The lowest BCUT2D eigenvalue weighted by molar-refractivity contribution is 0.0696. The van der Waals surface area contributed by atoms with E-state index in [0.29, 0.717) is 0 Å². The normalized spacial score (nSPS) is 14.4. The summed E-state index contributed by atoms with van der Waals surface area (Å²) in [5, 5.41) is 8.89. The first kappa shape index (κ1) is 17.6. The summed E-state index contributed by atoms with van der Waals surface area (Å²) >= 11 is 0. The predicted octanol–water partition coefficient (Wildman–Crippen LogP) is 0.439. The zero-order valence-electron chi connectivity index (χ0n) is 11.8. The van der Waals surface area contributed by atoms with Crippen LogP contribution in [0.15, 0.2) is 23.1 Å². The summed E-state index contributed by atoms with van der Waals surface area (Å²) in [5.41, 5.74) is -0.0755. The van der Waals surface area contributed by atoms with Crippen molar-refractivity contribution in [3.63, 3.8) is 0 Å². The number of carboxylic acid groups (broad SMARTS) is 1. The minimum atomic E-state index is -3.89. The Morgan fingerprint density at radius 2 is 2.10 bits per heavy atom. The molecule has 0 amide bonds. The summed E-state index contributed by atoms with van der Waals surface area (Å²) in [7, 11) is -3.78. The van der Waals surface area contributed by atoms with Crippen molar-refractivity contribution in [2.24, 2.45) is 0 Å². The Bertz CT molecular complexity index is 656. The fourth-order valence-corrected chi connectivity index (χ4v) is 4.02. The average molecular weight is 335 g/mol. The number of methoxy groups -OCH3 is 1. The molecule has 0 saturated carbocycles. The average Bonchev–Trinajstić information content (AvgIpc) is 2.35. The third-order valence-electron chi connectivity index (χ3n) is 2.54. The molecule has 9 heteroatoms. The van der Waals surface area contributed by atoms with E-state index in [1.54, 1.807) is 6.92 Å². The highest BCUT2D eigenvalue weighted by Crippen LogP contribution is 2.25. The fraction of sp³-hybridized carbons (Fsp3) is 0.417. The van der Waals surface area contributed by atoms with Gasteiger partial charge in [0.1, 0.15) is 10.6 Å². The van der Waals surface area contributed by atoms with E-state index in [1.165, 1.54) is 25.5 Å². The van der Waals surface area contributed by atoms with E-state index < -0.39 is 32.8 Å². The van der Waals surface area contributed by atoms with Gasteiger partial charge < -0.3 is 9.84 Å². The maximum Gasteiger partial charge on any atom is 0.335 e. The van der Waals surface area contributed by atoms with Gasteiger partial charge in [0.2, 0.25) is 10.0 Å². The van der Waals surface area contributed by atoms with Crippen molar-refractivity contribution in [2.45, 2.75) is 17.9 Å². The number of hydrogen-bond donors (Lipinski definition) is 2. The third-order valence-corrected chi connectivity index (χ3v) is 5.14. The number of sulfonamides is 1. The highest BCUT2D eigenvalue weighted by molar-refractivity contribution is 7.89. The van der Waals surface area contributed by atoms with Crippen molar-refractivity contribution in [3.8, 4) is 5.75 Å². The maximum atomic E-state index is 12.2. The van der Waals surface area contributed by atoms with Crippen molar-refractivity contribution >= 4 is 26.8 Å². The number of aromatic carboxylic acids is 1. The maximum absolute atomic E-state index is 12.2. The predicted molar refractivity (Wildman–Crippen MR) is 78.7 cm³/mol. The molecular weight excluding hydrogens is 318 g/mol. The number of hydrogen-bond acceptors (Lipinski definition) is 5. The summed E-state index contributed by atoms with van der Waals surface area (Å²) < 4.78 is 42.9. The molecule has 21 heavy (non-hydrogen) atoms. The Kier molecular flexibility index (Phi) is 5.87. The molecule has 2 unspecified atom stereocenters. The van der Waals surface area contributed by atoms with E-state index in [2.05, 4.69) is 4.72 Å². The third kappa shape index (κ3) is 4.80. The van der Waals surface area contributed by atoms with Crippen molar-refractivity contribution in [2.75, 3.05) is 19.1 Å². The van der Waals surface area contributed by atoms with E-state index in [1.807, 2.05) is 0 Å². The van der Waals surface area contributed by atoms with Crippen LogP contribution in [0.25, 0.3) is 0 Å². The molecule has 0 heterocycles. The molecule has 0 bridgehead atoms. The SMILES string of the molecule is COc1cc(C(=O)O)ccc1S(=O)(=O)NC(C)CS(C)=O. The second-order valence-corrected chi connectivity index (χ2v) is 7.60. The van der Waals surface area contributed by atoms with Gasteiger partial charge >= 0.3 is 5.97 Å². The molecule has 0 saturated heterocycles. The Morgan fingerprint density at radius 1 is 1.48 bits per heavy atom. The summed E-state index contributed by atoms with van der Waals surface area (Å²) in [6.07, 6.45) is 1.48. The van der Waals surface area contributed by atoms with Crippen molar-refractivity contribution in [1.82, 2.24) is 4.72 Å². The monoisotopic (exact) mass is 335 g/mol. The number of nitrogens with one attached hydrogen (secondary N) is 1. The summed E-state index contributed by atoms with van der Waals surface area (Å²) in [6.45, 7) is 1.59. The van der Waals surface area contributed by atoms with Gasteiger partial charge in [0, 0.05) is 28.9 Å². The highest BCUT2D eigenvalue weighted by Gasteiger charge is 2.23. The first-order valence-corrected chi connectivity index (χ1v) is 9.12. The van der Waals surface area contributed by atoms with Gasteiger partial charge in [-0.3, -0.25) is 4.21 Å². The fourth-order valence-electron chi connectivity index (χ4n) is 1.74. The Balaban J connectivity index is 3.13. The van der Waals surface area contributed by atoms with Crippen LogP contribution in [0.5, 0.6) is 5.75 Å². The van der Waals surface area contributed by atoms with E-state index in [0.717, 1.165) is 6.07 Å². The topological polar surface area (TPSA) is 110 Å². The molecule has 0 fully saturated rings. The van der Waals surface area contributed by atoms with Gasteiger partial charge in [-0.05, 0) is 25.1 Å². The number of carbonyl (C=O) groups is 1. The highest BCUT2D eigenvalue weighted by atomic mass is 32.2. The molecule has 118 valence electrons. The second-order valence-electron chi connectivity index (χ2n) is 4.43. The summed E-state index contributed by atoms with van der Waals surface area (Å²) in [6, 6.07) is 2.96. The number of carboxylic acids is 1. The van der Waals surface area contributed by atoms with Crippen LogP contribution in [-0.4, -0.2) is 48.9 Å². The molecule has 2 atom stereocenters. The van der Waals surface area contributed by atoms with Crippen molar-refractivity contribution in [3.05, 3.63) is 23.8 Å². The standard InChI is InChI=1S/C12H17NO6S2/c1-8(7-20(3)16)13-21(17,18)11-5-4-9(12(14)15)6-10(11)19-2/h4-6,8,13H,7H2,1-3H3,(H,14,15). The smallest absolute Gasteiger partial charge is 0.335 e. The molecule has 0 aliphatic heterocycles. The van der Waals surface area contributed by atoms with Crippen LogP contribution in [0.1, 0.15) is 17.3 Å². The van der Waals surface area contributed by atoms with Gasteiger partial charge in [-0.2, -0.15) is 0 Å². The second kappa shape index (κ2) is 7.01. The zero-order chi connectivity index (χ0) is 16.2. The van der Waals surface area contributed by atoms with Crippen LogP contribution in [0.4, 0.5) is 0 Å². The van der Waals surface area contributed by atoms with E-state index in [9.17, 15) is 17.4 Å². The molecule has 7 nitrogen and oxygen atoms in total. The largest absolute Gasteiger partial charge is 0.495 e. The molecule has 0 aliphatic carbocycles. The molecule has 0 radical (unpaired) electrons. The lowest BCUT2D eigenvalue weighted by atomic mass is 10.2. The van der Waals surface area contributed by atoms with Gasteiger partial charge in [-0.15, -0.1) is 0 Å². The van der Waals surface area contributed by atoms with E-state index in [4.69, 9.17) is 9.84 Å². The van der Waals surface area contributed by atoms with Crippen molar-refractivity contribution < 1.29 is 27.3 Å². The Labute approximate surface area is 125 Å². The van der Waals surface area contributed by atoms with Gasteiger partial charge in [0.25, 0.3) is 0 Å². The summed E-state index contributed by atoms with van der Waals surface area (Å²) in [4.78, 5) is 10.7. The lowest BCUT2D eigenvalue weighted by Crippen LogP contribution is -2.36. The lowest BCUT2D eigenvalue weighted by Gasteiger charge is -2.15. The Hall–Kier alpha value is -1.45. The number of benzene rings is 1. The zero-order valence-corrected chi connectivity index (χ0v) is 13.5. The first-order chi connectivity index (χ1) is 9.67. The molecule has 1 aromatic carbocycles. The van der Waals surface area contributed by atoms with Gasteiger partial charge in [-0.25, -0.2) is 17.9 Å². The quantitative estimate of drug-likeness (QED) is 0.748. The van der Waals surface area contributed by atoms with E-state index >= 15 is 0 Å². The minimum Gasteiger partial charge on any atom is -0.495 e. The molecule has 0 aromatic heterocycles. The van der Waals surface area contributed by atoms with Crippen LogP contribution in [0, 0.1) is 0 Å². The number of ether oxygens (including phenoxy) is 1. The number of rotatable bonds is 7. The van der Waals surface area contributed by atoms with Gasteiger partial charge in [0.15, 0.2) is 0 Å². The van der Waals surface area contributed by atoms with Gasteiger partial charge in [0.05, 0.1) is 12.7 Å². The molecule has 1 rings (SSSR count). The Morgan fingerprint density at radius 3 is 2.57 bits per heavy atom.